The SMILES string of the molecule is CC(c1oc2ccccc2c(=O)c1-c1cccc(F)c1)n1nc(-c2ccc(N(C)C(=O)OC(C)(C)C)s2)c2c(N)ncnc21. The van der Waals surface area contributed by atoms with Crippen molar-refractivity contribution < 1.29 is 18.3 Å². The number of aromatic nitrogens is 4. The minimum atomic E-state index is -0.681. The van der Waals surface area contributed by atoms with Gasteiger partial charge in [-0.15, -0.1) is 11.3 Å². The molecule has 4 aromatic heterocycles. The van der Waals surface area contributed by atoms with Gasteiger partial charge < -0.3 is 14.9 Å². The average molecular weight is 613 g/mol. The lowest BCUT2D eigenvalue weighted by atomic mass is 9.99. The van der Waals surface area contributed by atoms with Gasteiger partial charge in [0.2, 0.25) is 5.43 Å². The fraction of sp³-hybridized carbons (Fsp3) is 0.219. The summed E-state index contributed by atoms with van der Waals surface area (Å²) in [7, 11) is 1.63. The van der Waals surface area contributed by atoms with Crippen LogP contribution in [-0.4, -0.2) is 38.5 Å². The molecule has 6 rings (SSSR count). The van der Waals surface area contributed by atoms with Crippen LogP contribution in [0.2, 0.25) is 0 Å². The highest BCUT2D eigenvalue weighted by molar-refractivity contribution is 7.19. The Bertz CT molecular complexity index is 2110. The zero-order valence-electron chi connectivity index (χ0n) is 24.7. The van der Waals surface area contributed by atoms with E-state index in [1.807, 2.05) is 13.0 Å². The fourth-order valence-electron chi connectivity index (χ4n) is 4.98. The van der Waals surface area contributed by atoms with E-state index in [4.69, 9.17) is 20.0 Å². The number of rotatable bonds is 5. The van der Waals surface area contributed by atoms with Crippen molar-refractivity contribution in [2.45, 2.75) is 39.3 Å². The van der Waals surface area contributed by atoms with Crippen LogP contribution in [0.25, 0.3) is 43.7 Å². The van der Waals surface area contributed by atoms with Crippen LogP contribution in [0, 0.1) is 5.82 Å². The van der Waals surface area contributed by atoms with Gasteiger partial charge in [-0.25, -0.2) is 23.8 Å². The second-order valence-corrected chi connectivity index (χ2v) is 12.3. The molecule has 2 N–H and O–H groups in total. The summed E-state index contributed by atoms with van der Waals surface area (Å²) in [5.41, 5.74) is 7.32. The number of hydrogen-bond acceptors (Lipinski definition) is 9. The predicted octanol–water partition coefficient (Wildman–Crippen LogP) is 7.03. The molecule has 0 fully saturated rings. The van der Waals surface area contributed by atoms with Crippen LogP contribution in [0.3, 0.4) is 0 Å². The summed E-state index contributed by atoms with van der Waals surface area (Å²) in [6.45, 7) is 7.23. The van der Waals surface area contributed by atoms with Crippen molar-refractivity contribution in [1.82, 2.24) is 19.7 Å². The monoisotopic (exact) mass is 612 g/mol. The molecule has 0 saturated heterocycles. The third-order valence-corrected chi connectivity index (χ3v) is 8.19. The number of benzene rings is 2. The third-order valence-electron chi connectivity index (χ3n) is 7.03. The Kier molecular flexibility index (Phi) is 7.16. The normalized spacial score (nSPS) is 12.5. The summed E-state index contributed by atoms with van der Waals surface area (Å²) < 4.78 is 27.9. The quantitative estimate of drug-likeness (QED) is 0.220. The molecule has 1 unspecified atom stereocenters. The number of amides is 1. The van der Waals surface area contributed by atoms with Gasteiger partial charge in [0.15, 0.2) is 5.65 Å². The summed E-state index contributed by atoms with van der Waals surface area (Å²) in [4.78, 5) is 37.4. The average Bonchev–Trinajstić information content (AvgIpc) is 3.62. The molecule has 0 aliphatic heterocycles. The van der Waals surface area contributed by atoms with Crippen LogP contribution in [0.1, 0.15) is 39.5 Å². The van der Waals surface area contributed by atoms with Crippen LogP contribution in [0.5, 0.6) is 0 Å². The molecule has 44 heavy (non-hydrogen) atoms. The van der Waals surface area contributed by atoms with Crippen LogP contribution >= 0.6 is 11.3 Å². The summed E-state index contributed by atoms with van der Waals surface area (Å²) in [6.07, 6.45) is 0.848. The van der Waals surface area contributed by atoms with E-state index in [0.717, 1.165) is 0 Å². The van der Waals surface area contributed by atoms with Crippen molar-refractivity contribution in [2.24, 2.45) is 0 Å². The molecule has 224 valence electrons. The molecule has 1 atom stereocenters. The van der Waals surface area contributed by atoms with Gasteiger partial charge in [0.25, 0.3) is 0 Å². The van der Waals surface area contributed by atoms with Gasteiger partial charge in [0, 0.05) is 7.05 Å². The number of ether oxygens (including phenoxy) is 1. The molecule has 4 heterocycles. The van der Waals surface area contributed by atoms with E-state index in [0.29, 0.717) is 43.1 Å². The zero-order chi connectivity index (χ0) is 31.3. The number of thiophene rings is 1. The molecule has 0 saturated carbocycles. The molecule has 1 amide bonds. The van der Waals surface area contributed by atoms with Gasteiger partial charge in [-0.1, -0.05) is 24.3 Å². The Morgan fingerprint density at radius 2 is 1.89 bits per heavy atom. The smallest absolute Gasteiger partial charge is 0.415 e. The van der Waals surface area contributed by atoms with Gasteiger partial charge in [-0.3, -0.25) is 9.69 Å². The Morgan fingerprint density at radius 3 is 2.64 bits per heavy atom. The summed E-state index contributed by atoms with van der Waals surface area (Å²) in [6, 6.07) is 15.7. The number of para-hydroxylation sites is 1. The van der Waals surface area contributed by atoms with Gasteiger partial charge in [-0.05, 0) is 69.7 Å². The number of fused-ring (bicyclic) bond motifs is 2. The van der Waals surface area contributed by atoms with Crippen molar-refractivity contribution in [3.8, 4) is 21.7 Å². The molecule has 0 spiro atoms. The molecule has 2 aromatic carbocycles. The zero-order valence-corrected chi connectivity index (χ0v) is 25.5. The highest BCUT2D eigenvalue weighted by atomic mass is 32.1. The van der Waals surface area contributed by atoms with Crippen LogP contribution in [0.15, 0.2) is 76.2 Å². The summed E-state index contributed by atoms with van der Waals surface area (Å²) in [5.74, 6) is 0.0130. The Hall–Kier alpha value is -5.10. The van der Waals surface area contributed by atoms with Crippen molar-refractivity contribution in [3.05, 3.63) is 88.8 Å². The summed E-state index contributed by atoms with van der Waals surface area (Å²) in [5, 5.41) is 6.42. The van der Waals surface area contributed by atoms with E-state index in [1.165, 1.54) is 34.7 Å². The molecule has 10 nitrogen and oxygen atoms in total. The Labute approximate surface area is 255 Å². The first kappa shape index (κ1) is 29.0. The molecule has 0 aliphatic carbocycles. The van der Waals surface area contributed by atoms with Gasteiger partial charge >= 0.3 is 6.09 Å². The maximum atomic E-state index is 14.4. The standard InChI is InChI=1S/C32H29FN6O4S/c1-17(28-24(18-9-8-10-19(33)15-18)27(40)20-11-6-7-12-21(20)42-28)39-30-25(29(34)35-16-36-30)26(37-39)22-13-14-23(44-22)38(5)31(41)43-32(2,3)4/h6-17H,1-5H3,(H2,34,35,36). The van der Waals surface area contributed by atoms with Gasteiger partial charge in [0.05, 0.1) is 21.2 Å². The highest BCUT2D eigenvalue weighted by Gasteiger charge is 2.28. The molecular formula is C32H29FN6O4S. The number of halogens is 1. The van der Waals surface area contributed by atoms with Crippen molar-refractivity contribution >= 4 is 50.3 Å². The number of anilines is 2. The van der Waals surface area contributed by atoms with Crippen molar-refractivity contribution in [1.29, 1.82) is 0 Å². The topological polar surface area (TPSA) is 129 Å². The van der Waals surface area contributed by atoms with Crippen LogP contribution < -0.4 is 16.1 Å². The number of hydrogen-bond donors (Lipinski definition) is 1. The second kappa shape index (κ2) is 10.9. The number of carbonyl (C=O) groups excluding carboxylic acids is 1. The molecule has 0 aliphatic rings. The lowest BCUT2D eigenvalue weighted by Gasteiger charge is -2.23. The fourth-order valence-corrected chi connectivity index (χ4v) is 5.92. The lowest BCUT2D eigenvalue weighted by molar-refractivity contribution is 0.0590. The minimum Gasteiger partial charge on any atom is -0.458 e. The number of nitrogens with zero attached hydrogens (tertiary/aromatic N) is 5. The number of nitrogen functional groups attached to an aromatic ring is 1. The van der Waals surface area contributed by atoms with Gasteiger partial charge in [-0.2, -0.15) is 5.10 Å². The second-order valence-electron chi connectivity index (χ2n) is 11.3. The molecular weight excluding hydrogens is 583 g/mol. The highest BCUT2D eigenvalue weighted by Crippen LogP contribution is 2.40. The lowest BCUT2D eigenvalue weighted by Crippen LogP contribution is -2.33. The maximum absolute atomic E-state index is 14.4. The first-order valence-electron chi connectivity index (χ1n) is 13.8. The van der Waals surface area contributed by atoms with E-state index in [1.54, 1.807) is 75.0 Å². The van der Waals surface area contributed by atoms with E-state index in [2.05, 4.69) is 9.97 Å². The predicted molar refractivity (Wildman–Crippen MR) is 169 cm³/mol. The molecule has 0 radical (unpaired) electrons. The number of nitrogens with two attached hydrogens (primary N) is 1. The Morgan fingerprint density at radius 1 is 1.11 bits per heavy atom. The van der Waals surface area contributed by atoms with Crippen molar-refractivity contribution in [3.63, 3.8) is 0 Å². The van der Waals surface area contributed by atoms with E-state index in [-0.39, 0.29) is 22.6 Å². The minimum absolute atomic E-state index is 0.212. The molecule has 6 aromatic rings. The summed E-state index contributed by atoms with van der Waals surface area (Å²) >= 11 is 1.32. The van der Waals surface area contributed by atoms with E-state index >= 15 is 0 Å². The van der Waals surface area contributed by atoms with Crippen molar-refractivity contribution in [2.75, 3.05) is 17.7 Å². The Balaban J connectivity index is 1.51. The molecule has 12 heteroatoms. The van der Waals surface area contributed by atoms with E-state index < -0.39 is 23.6 Å². The largest absolute Gasteiger partial charge is 0.458 e. The third kappa shape index (κ3) is 5.17. The first-order chi connectivity index (χ1) is 20.9. The number of carbonyl (C=O) groups is 1. The van der Waals surface area contributed by atoms with Crippen LogP contribution in [0.4, 0.5) is 20.0 Å². The molecule has 0 bridgehead atoms. The van der Waals surface area contributed by atoms with Gasteiger partial charge in [0.1, 0.15) is 51.6 Å². The van der Waals surface area contributed by atoms with Crippen LogP contribution in [-0.2, 0) is 4.74 Å². The first-order valence-corrected chi connectivity index (χ1v) is 14.6. The van der Waals surface area contributed by atoms with E-state index in [9.17, 15) is 14.0 Å². The maximum Gasteiger partial charge on any atom is 0.415 e.